The molecule has 17 heavy (non-hydrogen) atoms. The van der Waals surface area contributed by atoms with Crippen molar-refractivity contribution in [2.75, 3.05) is 0 Å². The molecule has 0 atom stereocenters. The summed E-state index contributed by atoms with van der Waals surface area (Å²) in [5.74, 6) is -0.144. The van der Waals surface area contributed by atoms with Crippen LogP contribution in [0.5, 0.6) is 0 Å². The number of hydrogen-bond acceptors (Lipinski definition) is 3. The zero-order valence-corrected chi connectivity index (χ0v) is 9.50. The molecule has 0 unspecified atom stereocenters. The molecule has 0 amide bonds. The number of aryl methyl sites for hydroxylation is 3. The quantitative estimate of drug-likeness (QED) is 0.866. The third kappa shape index (κ3) is 2.90. The topological polar surface area (TPSA) is 68.0 Å². The van der Waals surface area contributed by atoms with E-state index in [9.17, 15) is 4.79 Å². The third-order valence-corrected chi connectivity index (χ3v) is 2.48. The lowest BCUT2D eigenvalue weighted by atomic mass is 10.1. The van der Waals surface area contributed by atoms with Crippen LogP contribution < -0.4 is 0 Å². The first kappa shape index (κ1) is 11.3. The highest BCUT2D eigenvalue weighted by Gasteiger charge is 2.02. The van der Waals surface area contributed by atoms with Gasteiger partial charge in [0.25, 0.3) is 0 Å². The van der Waals surface area contributed by atoms with Gasteiger partial charge in [0.15, 0.2) is 0 Å². The van der Waals surface area contributed by atoms with Crippen LogP contribution in [-0.4, -0.2) is 25.8 Å². The molecule has 0 spiro atoms. The van der Waals surface area contributed by atoms with Gasteiger partial charge in [-0.2, -0.15) is 5.10 Å². The highest BCUT2D eigenvalue weighted by molar-refractivity contribution is 5.87. The van der Waals surface area contributed by atoms with Crippen LogP contribution in [0.25, 0.3) is 0 Å². The summed E-state index contributed by atoms with van der Waals surface area (Å²) in [5.41, 5.74) is 1.40. The molecular weight excluding hydrogens is 218 g/mol. The predicted molar refractivity (Wildman–Crippen MR) is 61.9 cm³/mol. The molecule has 0 saturated carbocycles. The fraction of sp³-hybridized carbons (Fsp3) is 0.250. The zero-order chi connectivity index (χ0) is 12.3. The first-order valence-corrected chi connectivity index (χ1v) is 5.33. The Hall–Kier alpha value is -2.17. The highest BCUT2D eigenvalue weighted by atomic mass is 16.4. The van der Waals surface area contributed by atoms with Crippen molar-refractivity contribution in [2.45, 2.75) is 19.9 Å². The van der Waals surface area contributed by atoms with E-state index in [2.05, 4.69) is 10.1 Å². The van der Waals surface area contributed by atoms with Gasteiger partial charge in [-0.3, -0.25) is 4.68 Å². The van der Waals surface area contributed by atoms with Crippen molar-refractivity contribution < 1.29 is 9.90 Å². The number of aromatic carboxylic acids is 1. The Balaban J connectivity index is 1.97. The average Bonchev–Trinajstić information content (AvgIpc) is 2.73. The van der Waals surface area contributed by atoms with E-state index in [0.29, 0.717) is 5.56 Å². The Morgan fingerprint density at radius 3 is 2.59 bits per heavy atom. The van der Waals surface area contributed by atoms with E-state index in [0.717, 1.165) is 24.4 Å². The maximum absolute atomic E-state index is 10.7. The number of benzene rings is 1. The van der Waals surface area contributed by atoms with Crippen molar-refractivity contribution in [3.63, 3.8) is 0 Å². The fourth-order valence-corrected chi connectivity index (χ4v) is 1.55. The molecule has 5 nitrogen and oxygen atoms in total. The molecule has 1 N–H and O–H groups in total. The average molecular weight is 231 g/mol. The van der Waals surface area contributed by atoms with Crippen LogP contribution in [0.15, 0.2) is 30.6 Å². The standard InChI is InChI=1S/C12H13N3O2/c1-9-13-8-15(14-9)7-6-10-2-4-11(5-3-10)12(16)17/h2-5,8H,6-7H2,1H3,(H,16,17). The van der Waals surface area contributed by atoms with Crippen LogP contribution in [0.2, 0.25) is 0 Å². The normalized spacial score (nSPS) is 10.4. The van der Waals surface area contributed by atoms with Gasteiger partial charge in [-0.1, -0.05) is 12.1 Å². The second kappa shape index (κ2) is 4.78. The molecule has 0 aliphatic rings. The van der Waals surface area contributed by atoms with Crippen molar-refractivity contribution in [3.8, 4) is 0 Å². The van der Waals surface area contributed by atoms with Crippen LogP contribution in [0.1, 0.15) is 21.7 Å². The summed E-state index contributed by atoms with van der Waals surface area (Å²) in [5, 5.41) is 12.9. The lowest BCUT2D eigenvalue weighted by molar-refractivity contribution is 0.0697. The Labute approximate surface area is 98.7 Å². The number of carboxylic acid groups (broad SMARTS) is 1. The fourth-order valence-electron chi connectivity index (χ4n) is 1.55. The molecule has 1 aromatic heterocycles. The minimum absolute atomic E-state index is 0.311. The molecule has 1 heterocycles. The van der Waals surface area contributed by atoms with E-state index in [1.165, 1.54) is 0 Å². The summed E-state index contributed by atoms with van der Waals surface area (Å²) in [6.07, 6.45) is 2.50. The van der Waals surface area contributed by atoms with Crippen molar-refractivity contribution in [1.82, 2.24) is 14.8 Å². The van der Waals surface area contributed by atoms with Crippen LogP contribution in [0, 0.1) is 6.92 Å². The van der Waals surface area contributed by atoms with E-state index in [1.54, 1.807) is 23.1 Å². The second-order valence-electron chi connectivity index (χ2n) is 3.81. The summed E-state index contributed by atoms with van der Waals surface area (Å²) in [7, 11) is 0. The van der Waals surface area contributed by atoms with E-state index in [-0.39, 0.29) is 0 Å². The minimum Gasteiger partial charge on any atom is -0.478 e. The number of hydrogen-bond donors (Lipinski definition) is 1. The van der Waals surface area contributed by atoms with Gasteiger partial charge < -0.3 is 5.11 Å². The van der Waals surface area contributed by atoms with Crippen molar-refractivity contribution in [1.29, 1.82) is 0 Å². The molecule has 2 aromatic rings. The van der Waals surface area contributed by atoms with Crippen LogP contribution in [0.4, 0.5) is 0 Å². The molecule has 88 valence electrons. The Bertz CT molecular complexity index is 517. The summed E-state index contributed by atoms with van der Waals surface area (Å²) >= 11 is 0. The van der Waals surface area contributed by atoms with Gasteiger partial charge in [0, 0.05) is 6.54 Å². The smallest absolute Gasteiger partial charge is 0.335 e. The van der Waals surface area contributed by atoms with E-state index >= 15 is 0 Å². The molecule has 0 bridgehead atoms. The molecule has 0 aliphatic heterocycles. The van der Waals surface area contributed by atoms with E-state index < -0.39 is 5.97 Å². The number of rotatable bonds is 4. The molecule has 2 rings (SSSR count). The Kier molecular flexibility index (Phi) is 3.18. The lowest BCUT2D eigenvalue weighted by Gasteiger charge is -2.02. The maximum atomic E-state index is 10.7. The summed E-state index contributed by atoms with van der Waals surface area (Å²) in [6, 6.07) is 6.88. The van der Waals surface area contributed by atoms with Crippen molar-refractivity contribution in [3.05, 3.63) is 47.5 Å². The highest BCUT2D eigenvalue weighted by Crippen LogP contribution is 2.06. The summed E-state index contributed by atoms with van der Waals surface area (Å²) in [6.45, 7) is 2.59. The molecule has 0 aliphatic carbocycles. The zero-order valence-electron chi connectivity index (χ0n) is 9.50. The van der Waals surface area contributed by atoms with Gasteiger partial charge in [0.1, 0.15) is 12.2 Å². The number of carboxylic acids is 1. The monoisotopic (exact) mass is 231 g/mol. The van der Waals surface area contributed by atoms with Gasteiger partial charge in [-0.15, -0.1) is 0 Å². The van der Waals surface area contributed by atoms with Gasteiger partial charge in [0.2, 0.25) is 0 Å². The Morgan fingerprint density at radius 2 is 2.06 bits per heavy atom. The molecule has 0 radical (unpaired) electrons. The molecule has 0 saturated heterocycles. The molecule has 5 heteroatoms. The third-order valence-electron chi connectivity index (χ3n) is 2.48. The van der Waals surface area contributed by atoms with Crippen LogP contribution in [-0.2, 0) is 13.0 Å². The van der Waals surface area contributed by atoms with E-state index in [1.807, 2.05) is 19.1 Å². The van der Waals surface area contributed by atoms with E-state index in [4.69, 9.17) is 5.11 Å². The Morgan fingerprint density at radius 1 is 1.35 bits per heavy atom. The molecule has 1 aromatic carbocycles. The number of nitrogens with zero attached hydrogens (tertiary/aromatic N) is 3. The molecular formula is C12H13N3O2. The summed E-state index contributed by atoms with van der Waals surface area (Å²) < 4.78 is 1.78. The van der Waals surface area contributed by atoms with Gasteiger partial charge in [-0.25, -0.2) is 9.78 Å². The number of aromatic nitrogens is 3. The summed E-state index contributed by atoms with van der Waals surface area (Å²) in [4.78, 5) is 14.7. The largest absolute Gasteiger partial charge is 0.478 e. The SMILES string of the molecule is Cc1ncn(CCc2ccc(C(=O)O)cc2)n1. The first-order valence-electron chi connectivity index (χ1n) is 5.33. The van der Waals surface area contributed by atoms with Gasteiger partial charge in [0.05, 0.1) is 5.56 Å². The molecule has 0 fully saturated rings. The van der Waals surface area contributed by atoms with Gasteiger partial charge >= 0.3 is 5.97 Å². The minimum atomic E-state index is -0.900. The van der Waals surface area contributed by atoms with Gasteiger partial charge in [-0.05, 0) is 31.0 Å². The lowest BCUT2D eigenvalue weighted by Crippen LogP contribution is -2.02. The van der Waals surface area contributed by atoms with Crippen LogP contribution in [0.3, 0.4) is 0 Å². The maximum Gasteiger partial charge on any atom is 0.335 e. The van der Waals surface area contributed by atoms with Crippen molar-refractivity contribution >= 4 is 5.97 Å². The predicted octanol–water partition coefficient (Wildman–Crippen LogP) is 1.53. The van der Waals surface area contributed by atoms with Crippen molar-refractivity contribution in [2.24, 2.45) is 0 Å². The van der Waals surface area contributed by atoms with Crippen LogP contribution >= 0.6 is 0 Å². The number of carbonyl (C=O) groups is 1. The second-order valence-corrected chi connectivity index (χ2v) is 3.81. The first-order chi connectivity index (χ1) is 8.15.